The van der Waals surface area contributed by atoms with Crippen molar-refractivity contribution >= 4 is 23.1 Å². The van der Waals surface area contributed by atoms with Gasteiger partial charge in [0.05, 0.1) is 0 Å². The molecular weight excluding hydrogens is 294 g/mol. The fourth-order valence-electron chi connectivity index (χ4n) is 2.86. The average Bonchev–Trinajstić information content (AvgIpc) is 2.96. The molecule has 0 unspecified atom stereocenters. The van der Waals surface area contributed by atoms with Gasteiger partial charge in [0.2, 0.25) is 0 Å². The van der Waals surface area contributed by atoms with Crippen LogP contribution in [0, 0.1) is 20.8 Å². The molecule has 0 atom stereocenters. The van der Waals surface area contributed by atoms with Crippen LogP contribution in [-0.2, 0) is 0 Å². The Hall–Kier alpha value is -1.88. The van der Waals surface area contributed by atoms with E-state index in [1.54, 1.807) is 0 Å². The van der Waals surface area contributed by atoms with Crippen molar-refractivity contribution < 1.29 is 4.79 Å². The van der Waals surface area contributed by atoms with E-state index in [2.05, 4.69) is 41.3 Å². The van der Waals surface area contributed by atoms with Gasteiger partial charge in [-0.2, -0.15) is 4.37 Å². The zero-order valence-electron chi connectivity index (χ0n) is 13.3. The molecule has 2 aromatic rings. The van der Waals surface area contributed by atoms with Gasteiger partial charge >= 0.3 is 0 Å². The Kier molecular flexibility index (Phi) is 4.16. The Labute approximate surface area is 135 Å². The molecule has 5 heteroatoms. The van der Waals surface area contributed by atoms with Gasteiger partial charge in [-0.15, -0.1) is 0 Å². The van der Waals surface area contributed by atoms with Crippen molar-refractivity contribution in [3.63, 3.8) is 0 Å². The molecule has 0 bridgehead atoms. The number of amides is 1. The molecular formula is C17H21N3OS. The summed E-state index contributed by atoms with van der Waals surface area (Å²) in [6, 6.07) is 8.30. The van der Waals surface area contributed by atoms with Crippen LogP contribution in [0.4, 0.5) is 5.69 Å². The van der Waals surface area contributed by atoms with Crippen molar-refractivity contribution in [2.24, 2.45) is 0 Å². The summed E-state index contributed by atoms with van der Waals surface area (Å²) in [5, 5.41) is 0. The first-order valence-corrected chi connectivity index (χ1v) is 8.37. The monoisotopic (exact) mass is 315 g/mol. The highest BCUT2D eigenvalue weighted by Gasteiger charge is 2.24. The van der Waals surface area contributed by atoms with E-state index in [9.17, 15) is 4.79 Å². The molecule has 22 heavy (non-hydrogen) atoms. The molecule has 1 amide bonds. The zero-order chi connectivity index (χ0) is 15.7. The lowest BCUT2D eigenvalue weighted by molar-refractivity contribution is 0.0742. The highest BCUT2D eigenvalue weighted by molar-refractivity contribution is 7.05. The number of hydrogen-bond donors (Lipinski definition) is 0. The molecule has 1 fully saturated rings. The van der Waals surface area contributed by atoms with Crippen molar-refractivity contribution in [2.75, 3.05) is 31.1 Å². The quantitative estimate of drug-likeness (QED) is 0.855. The van der Waals surface area contributed by atoms with Crippen molar-refractivity contribution in [3.05, 3.63) is 46.0 Å². The summed E-state index contributed by atoms with van der Waals surface area (Å²) in [5.41, 5.74) is 4.52. The second-order valence-corrected chi connectivity index (χ2v) is 6.83. The first kappa shape index (κ1) is 15.0. The number of benzene rings is 1. The zero-order valence-corrected chi connectivity index (χ0v) is 14.1. The number of aromatic nitrogens is 1. The van der Waals surface area contributed by atoms with E-state index < -0.39 is 0 Å². The topological polar surface area (TPSA) is 36.4 Å². The normalized spacial score (nSPS) is 15.2. The molecule has 4 nitrogen and oxygen atoms in total. The number of hydrogen-bond acceptors (Lipinski definition) is 4. The van der Waals surface area contributed by atoms with E-state index in [1.165, 1.54) is 28.3 Å². The number of rotatable bonds is 2. The van der Waals surface area contributed by atoms with Crippen molar-refractivity contribution in [2.45, 2.75) is 20.8 Å². The summed E-state index contributed by atoms with van der Waals surface area (Å²) in [6.45, 7) is 9.54. The molecule has 1 saturated heterocycles. The predicted molar refractivity (Wildman–Crippen MR) is 90.9 cm³/mol. The minimum atomic E-state index is 0.0602. The van der Waals surface area contributed by atoms with Crippen molar-refractivity contribution in [1.82, 2.24) is 9.27 Å². The number of aryl methyl sites for hydroxylation is 2. The summed E-state index contributed by atoms with van der Waals surface area (Å²) in [7, 11) is 0. The first-order chi connectivity index (χ1) is 10.6. The fourth-order valence-corrected chi connectivity index (χ4v) is 3.40. The first-order valence-electron chi connectivity index (χ1n) is 7.60. The SMILES string of the molecule is Cc1cc(C(=O)N2CCN(c3cccc(C)c3C)CC2)ns1. The Morgan fingerprint density at radius 2 is 1.86 bits per heavy atom. The number of piperazine rings is 1. The molecule has 0 spiro atoms. The highest BCUT2D eigenvalue weighted by Crippen LogP contribution is 2.24. The summed E-state index contributed by atoms with van der Waals surface area (Å²) in [6.07, 6.45) is 0. The van der Waals surface area contributed by atoms with Crippen molar-refractivity contribution in [3.8, 4) is 0 Å². The van der Waals surface area contributed by atoms with Crippen LogP contribution < -0.4 is 4.90 Å². The number of carbonyl (C=O) groups excluding carboxylic acids is 1. The molecule has 0 radical (unpaired) electrons. The lowest BCUT2D eigenvalue weighted by Gasteiger charge is -2.36. The van der Waals surface area contributed by atoms with Crippen LogP contribution in [0.3, 0.4) is 0 Å². The number of nitrogens with zero attached hydrogens (tertiary/aromatic N) is 3. The molecule has 1 aromatic carbocycles. The number of carbonyl (C=O) groups is 1. The third-order valence-corrected chi connectivity index (χ3v) is 5.02. The molecule has 1 aliphatic heterocycles. The Balaban J connectivity index is 1.67. The van der Waals surface area contributed by atoms with Gasteiger partial charge < -0.3 is 9.80 Å². The largest absolute Gasteiger partial charge is 0.368 e. The van der Waals surface area contributed by atoms with Gasteiger partial charge in [0, 0.05) is 36.7 Å². The lowest BCUT2D eigenvalue weighted by atomic mass is 10.1. The van der Waals surface area contributed by atoms with Crippen LogP contribution >= 0.6 is 11.5 Å². The van der Waals surface area contributed by atoms with E-state index in [-0.39, 0.29) is 5.91 Å². The predicted octanol–water partition coefficient (Wildman–Crippen LogP) is 3.03. The molecule has 116 valence electrons. The van der Waals surface area contributed by atoms with Crippen LogP contribution in [-0.4, -0.2) is 41.4 Å². The van der Waals surface area contributed by atoms with E-state index >= 15 is 0 Å². The van der Waals surface area contributed by atoms with Gasteiger partial charge in [0.15, 0.2) is 0 Å². The maximum atomic E-state index is 12.4. The molecule has 0 aliphatic carbocycles. The van der Waals surface area contributed by atoms with Crippen LogP contribution in [0.1, 0.15) is 26.5 Å². The smallest absolute Gasteiger partial charge is 0.273 e. The second kappa shape index (κ2) is 6.08. The van der Waals surface area contributed by atoms with E-state index in [1.807, 2.05) is 17.9 Å². The lowest BCUT2D eigenvalue weighted by Crippen LogP contribution is -2.49. The van der Waals surface area contributed by atoms with Crippen LogP contribution in [0.25, 0.3) is 0 Å². The van der Waals surface area contributed by atoms with Crippen LogP contribution in [0.15, 0.2) is 24.3 Å². The Morgan fingerprint density at radius 3 is 2.50 bits per heavy atom. The second-order valence-electron chi connectivity index (χ2n) is 5.82. The van der Waals surface area contributed by atoms with Gasteiger partial charge in [-0.05, 0) is 55.6 Å². The maximum Gasteiger partial charge on any atom is 0.273 e. The van der Waals surface area contributed by atoms with Gasteiger partial charge in [-0.25, -0.2) is 0 Å². The maximum absolute atomic E-state index is 12.4. The standard InChI is InChI=1S/C17H21N3OS/c1-12-5-4-6-16(14(12)3)19-7-9-20(10-8-19)17(21)15-11-13(2)22-18-15/h4-6,11H,7-10H2,1-3H3. The summed E-state index contributed by atoms with van der Waals surface area (Å²) in [5.74, 6) is 0.0602. The summed E-state index contributed by atoms with van der Waals surface area (Å²) < 4.78 is 4.23. The van der Waals surface area contributed by atoms with Crippen LogP contribution in [0.2, 0.25) is 0 Å². The Bertz CT molecular complexity index is 687. The van der Waals surface area contributed by atoms with Crippen LogP contribution in [0.5, 0.6) is 0 Å². The summed E-state index contributed by atoms with van der Waals surface area (Å²) >= 11 is 1.39. The number of anilines is 1. The molecule has 3 rings (SSSR count). The minimum Gasteiger partial charge on any atom is -0.368 e. The minimum absolute atomic E-state index is 0.0602. The average molecular weight is 315 g/mol. The van der Waals surface area contributed by atoms with Gasteiger partial charge in [0.25, 0.3) is 5.91 Å². The molecule has 1 aromatic heterocycles. The third-order valence-electron chi connectivity index (χ3n) is 4.33. The molecule has 0 N–H and O–H groups in total. The van der Waals surface area contributed by atoms with E-state index in [0.717, 1.165) is 31.1 Å². The van der Waals surface area contributed by atoms with E-state index in [4.69, 9.17) is 0 Å². The van der Waals surface area contributed by atoms with Crippen molar-refractivity contribution in [1.29, 1.82) is 0 Å². The molecule has 1 aliphatic rings. The third kappa shape index (κ3) is 2.86. The molecule has 0 saturated carbocycles. The summed E-state index contributed by atoms with van der Waals surface area (Å²) in [4.78, 5) is 17.8. The van der Waals surface area contributed by atoms with E-state index in [0.29, 0.717) is 5.69 Å². The highest BCUT2D eigenvalue weighted by atomic mass is 32.1. The van der Waals surface area contributed by atoms with Gasteiger partial charge in [-0.3, -0.25) is 4.79 Å². The Morgan fingerprint density at radius 1 is 1.14 bits per heavy atom. The molecule has 2 heterocycles. The fraction of sp³-hybridized carbons (Fsp3) is 0.412. The van der Waals surface area contributed by atoms with Gasteiger partial charge in [-0.1, -0.05) is 12.1 Å². The van der Waals surface area contributed by atoms with Gasteiger partial charge in [0.1, 0.15) is 5.69 Å².